The Hall–Kier alpha value is -2.58. The predicted molar refractivity (Wildman–Crippen MR) is 158 cm³/mol. The van der Waals surface area contributed by atoms with Gasteiger partial charge in [-0.1, -0.05) is 91.0 Å². The first-order valence-corrected chi connectivity index (χ1v) is 14.9. The molecule has 6 atom stereocenters. The van der Waals surface area contributed by atoms with Crippen LogP contribution in [0.15, 0.2) is 91.0 Å². The molecule has 0 radical (unpaired) electrons. The molecule has 0 aliphatic carbocycles. The summed E-state index contributed by atoms with van der Waals surface area (Å²) in [7, 11) is 0. The summed E-state index contributed by atoms with van der Waals surface area (Å²) in [5.41, 5.74) is 1.78. The van der Waals surface area contributed by atoms with Crippen LogP contribution in [-0.4, -0.2) is 53.9 Å². The number of ether oxygens (including phenoxy) is 5. The Balaban J connectivity index is 1.21. The standard InChI is InChI=1S/C35H44O6/c1-34(26-38-24-28-15-8-4-9-16-28)31(36)22-33-35(2,41-34)32(39-25-29-17-10-5-11-18-29)21-30(40-33)19-12-20-37-23-27-13-6-3-7-14-27/h3-11,13-18,30-33,36H,12,19-26H2,1-2H3/t30-,31-,32-,33+,34+,35-/m0/s1. The lowest BCUT2D eigenvalue weighted by atomic mass is 9.76. The number of aliphatic hydroxyl groups excluding tert-OH is 1. The third-order valence-corrected chi connectivity index (χ3v) is 8.43. The quantitative estimate of drug-likeness (QED) is 0.250. The van der Waals surface area contributed by atoms with Crippen molar-refractivity contribution in [2.45, 2.75) is 95.0 Å². The first-order chi connectivity index (χ1) is 19.9. The van der Waals surface area contributed by atoms with Gasteiger partial charge in [0.1, 0.15) is 11.2 Å². The molecule has 2 heterocycles. The highest BCUT2D eigenvalue weighted by atomic mass is 16.6. The Morgan fingerprint density at radius 2 is 1.32 bits per heavy atom. The van der Waals surface area contributed by atoms with E-state index in [1.807, 2.05) is 73.7 Å². The van der Waals surface area contributed by atoms with Crippen LogP contribution in [0.2, 0.25) is 0 Å². The molecule has 3 aromatic carbocycles. The number of benzene rings is 3. The zero-order valence-electron chi connectivity index (χ0n) is 24.3. The maximum absolute atomic E-state index is 11.3. The summed E-state index contributed by atoms with van der Waals surface area (Å²) in [6.45, 7) is 6.53. The molecule has 3 aromatic rings. The zero-order chi connectivity index (χ0) is 28.5. The lowest BCUT2D eigenvalue weighted by Crippen LogP contribution is -2.69. The molecule has 2 aliphatic rings. The summed E-state index contributed by atoms with van der Waals surface area (Å²) in [6.07, 6.45) is 1.73. The van der Waals surface area contributed by atoms with Crippen molar-refractivity contribution in [1.82, 2.24) is 0 Å². The van der Waals surface area contributed by atoms with Gasteiger partial charge >= 0.3 is 0 Å². The van der Waals surface area contributed by atoms with E-state index in [4.69, 9.17) is 23.7 Å². The van der Waals surface area contributed by atoms with Gasteiger partial charge in [-0.25, -0.2) is 0 Å². The van der Waals surface area contributed by atoms with Gasteiger partial charge in [-0.3, -0.25) is 0 Å². The van der Waals surface area contributed by atoms with Crippen LogP contribution >= 0.6 is 0 Å². The van der Waals surface area contributed by atoms with E-state index in [0.717, 1.165) is 30.4 Å². The number of hydrogen-bond acceptors (Lipinski definition) is 6. The summed E-state index contributed by atoms with van der Waals surface area (Å²) in [5, 5.41) is 11.3. The Morgan fingerprint density at radius 3 is 1.93 bits per heavy atom. The minimum absolute atomic E-state index is 0.00339. The van der Waals surface area contributed by atoms with Crippen LogP contribution in [0.25, 0.3) is 0 Å². The fraction of sp³-hybridized carbons (Fsp3) is 0.486. The summed E-state index contributed by atoms with van der Waals surface area (Å²) in [5.74, 6) is 0. The highest BCUT2D eigenvalue weighted by Crippen LogP contribution is 2.46. The fourth-order valence-electron chi connectivity index (χ4n) is 5.99. The monoisotopic (exact) mass is 560 g/mol. The van der Waals surface area contributed by atoms with Gasteiger partial charge in [0, 0.05) is 19.4 Å². The summed E-state index contributed by atoms with van der Waals surface area (Å²) >= 11 is 0. The molecule has 0 bridgehead atoms. The van der Waals surface area contributed by atoms with Crippen LogP contribution in [0.1, 0.15) is 56.2 Å². The van der Waals surface area contributed by atoms with Gasteiger partial charge in [0.15, 0.2) is 0 Å². The maximum Gasteiger partial charge on any atom is 0.119 e. The molecule has 0 amide bonds. The molecule has 41 heavy (non-hydrogen) atoms. The highest BCUT2D eigenvalue weighted by molar-refractivity contribution is 5.15. The molecular formula is C35H44O6. The molecule has 2 saturated heterocycles. The van der Waals surface area contributed by atoms with E-state index >= 15 is 0 Å². The van der Waals surface area contributed by atoms with Crippen LogP contribution < -0.4 is 0 Å². The van der Waals surface area contributed by atoms with Crippen molar-refractivity contribution in [2.24, 2.45) is 0 Å². The normalized spacial score (nSPS) is 29.6. The molecule has 0 saturated carbocycles. The van der Waals surface area contributed by atoms with Crippen LogP contribution in [0.3, 0.4) is 0 Å². The van der Waals surface area contributed by atoms with Crippen molar-refractivity contribution < 1.29 is 28.8 Å². The summed E-state index contributed by atoms with van der Waals surface area (Å²) in [4.78, 5) is 0. The van der Waals surface area contributed by atoms with E-state index in [1.165, 1.54) is 5.56 Å². The number of aliphatic hydroxyl groups is 1. The van der Waals surface area contributed by atoms with Gasteiger partial charge in [0.25, 0.3) is 0 Å². The van der Waals surface area contributed by atoms with Crippen molar-refractivity contribution in [3.8, 4) is 0 Å². The zero-order valence-corrected chi connectivity index (χ0v) is 24.3. The minimum atomic E-state index is -0.879. The first kappa shape index (κ1) is 29.9. The molecule has 6 heteroatoms. The van der Waals surface area contributed by atoms with Crippen molar-refractivity contribution >= 4 is 0 Å². The van der Waals surface area contributed by atoms with Crippen molar-refractivity contribution in [2.75, 3.05) is 13.2 Å². The van der Waals surface area contributed by atoms with Crippen LogP contribution in [-0.2, 0) is 43.5 Å². The van der Waals surface area contributed by atoms with E-state index in [9.17, 15) is 5.11 Å². The van der Waals surface area contributed by atoms with Gasteiger partial charge in [-0.15, -0.1) is 0 Å². The smallest absolute Gasteiger partial charge is 0.119 e. The first-order valence-electron chi connectivity index (χ1n) is 14.9. The molecular weight excluding hydrogens is 516 g/mol. The largest absolute Gasteiger partial charge is 0.390 e. The topological polar surface area (TPSA) is 66.4 Å². The lowest BCUT2D eigenvalue weighted by Gasteiger charge is -2.57. The second-order valence-electron chi connectivity index (χ2n) is 11.8. The van der Waals surface area contributed by atoms with Crippen LogP contribution in [0.5, 0.6) is 0 Å². The Kier molecular flexibility index (Phi) is 10.3. The molecule has 5 rings (SSSR count). The lowest BCUT2D eigenvalue weighted by molar-refractivity contribution is -0.340. The van der Waals surface area contributed by atoms with Crippen molar-refractivity contribution in [1.29, 1.82) is 0 Å². The minimum Gasteiger partial charge on any atom is -0.390 e. The van der Waals surface area contributed by atoms with Gasteiger partial charge in [-0.2, -0.15) is 0 Å². The van der Waals surface area contributed by atoms with Gasteiger partial charge in [-0.05, 0) is 43.4 Å². The summed E-state index contributed by atoms with van der Waals surface area (Å²) in [6, 6.07) is 30.5. The van der Waals surface area contributed by atoms with E-state index in [2.05, 4.69) is 31.2 Å². The molecule has 6 nitrogen and oxygen atoms in total. The van der Waals surface area contributed by atoms with Crippen molar-refractivity contribution in [3.05, 3.63) is 108 Å². The molecule has 2 aliphatic heterocycles. The molecule has 0 spiro atoms. The van der Waals surface area contributed by atoms with E-state index in [-0.39, 0.29) is 24.9 Å². The molecule has 2 fully saturated rings. The van der Waals surface area contributed by atoms with Crippen LogP contribution in [0, 0.1) is 0 Å². The van der Waals surface area contributed by atoms with E-state index in [1.54, 1.807) is 0 Å². The average Bonchev–Trinajstić information content (AvgIpc) is 2.99. The van der Waals surface area contributed by atoms with E-state index < -0.39 is 17.3 Å². The number of hydrogen-bond donors (Lipinski definition) is 1. The second kappa shape index (κ2) is 14.1. The second-order valence-corrected chi connectivity index (χ2v) is 11.8. The Bertz CT molecular complexity index is 1180. The molecule has 1 N–H and O–H groups in total. The molecule has 0 unspecified atom stereocenters. The molecule has 220 valence electrons. The average molecular weight is 561 g/mol. The van der Waals surface area contributed by atoms with Crippen molar-refractivity contribution in [3.63, 3.8) is 0 Å². The third-order valence-electron chi connectivity index (χ3n) is 8.43. The number of fused-ring (bicyclic) bond motifs is 1. The summed E-state index contributed by atoms with van der Waals surface area (Å²) < 4.78 is 32.0. The predicted octanol–water partition coefficient (Wildman–Crippen LogP) is 6.24. The van der Waals surface area contributed by atoms with Gasteiger partial charge < -0.3 is 28.8 Å². The Labute approximate surface area is 244 Å². The fourth-order valence-corrected chi connectivity index (χ4v) is 5.99. The van der Waals surface area contributed by atoms with Gasteiger partial charge in [0.05, 0.1) is 50.8 Å². The molecule has 0 aromatic heterocycles. The maximum atomic E-state index is 11.3. The highest BCUT2D eigenvalue weighted by Gasteiger charge is 2.59. The van der Waals surface area contributed by atoms with E-state index in [0.29, 0.717) is 32.8 Å². The number of rotatable bonds is 13. The van der Waals surface area contributed by atoms with Gasteiger partial charge in [0.2, 0.25) is 0 Å². The SMILES string of the molecule is C[C@@]12O[C@](C)(COCc3ccccc3)[C@@H](O)C[C@H]1O[C@@H](CCCOCc1ccccc1)C[C@@H]2OCc1ccccc1. The Morgan fingerprint density at radius 1 is 0.756 bits per heavy atom. The third kappa shape index (κ3) is 7.83. The van der Waals surface area contributed by atoms with Crippen LogP contribution in [0.4, 0.5) is 0 Å².